The van der Waals surface area contributed by atoms with Gasteiger partial charge in [-0.3, -0.25) is 19.3 Å². The lowest BCUT2D eigenvalue weighted by Gasteiger charge is -2.29. The molecule has 9 nitrogen and oxygen atoms in total. The Kier molecular flexibility index (Phi) is 11.6. The van der Waals surface area contributed by atoms with Gasteiger partial charge in [0.1, 0.15) is 0 Å². The van der Waals surface area contributed by atoms with Crippen molar-refractivity contribution in [2.45, 2.75) is 39.3 Å². The van der Waals surface area contributed by atoms with Crippen molar-refractivity contribution >= 4 is 39.9 Å². The van der Waals surface area contributed by atoms with Crippen LogP contribution in [-0.2, 0) is 20.5 Å². The molecule has 0 saturated carbocycles. The van der Waals surface area contributed by atoms with Crippen LogP contribution in [0.2, 0.25) is 0 Å². The molecule has 2 amide bonds. The minimum absolute atomic E-state index is 0.0245. The average molecular weight is 680 g/mol. The van der Waals surface area contributed by atoms with Crippen LogP contribution in [0.3, 0.4) is 0 Å². The second-order valence-electron chi connectivity index (χ2n) is 12.8. The first-order chi connectivity index (χ1) is 23.4. The number of carbonyl (C=O) groups excluding carboxylic acids is 3. The van der Waals surface area contributed by atoms with Gasteiger partial charge in [-0.05, 0) is 62.6 Å². The van der Waals surface area contributed by atoms with E-state index in [1.165, 1.54) is 12.1 Å². The van der Waals surface area contributed by atoms with Crippen molar-refractivity contribution in [3.63, 3.8) is 0 Å². The first kappa shape index (κ1) is 35.9. The van der Waals surface area contributed by atoms with Crippen molar-refractivity contribution < 1.29 is 32.3 Å². The normalized spacial score (nSPS) is 17.0. The standard InChI is InChI=1S/C37H44F3N5O4/c1-25(8-7-9-26(2)36(48)43(3)16-17-44-18-20-49-21-19-44)35(47)42-31-13-12-29(45-14-5-4-6-15-45)24-30(31)34(46)33-22-27-10-11-28(37(38,39)40)23-32(27)41-33/h7-13,22-24,26,41H,4-6,14-21H2,1-3H3,(H,42,47)/b9-7-,25-8+/t26-/m0/s1. The molecule has 2 saturated heterocycles. The Hall–Kier alpha value is -4.42. The van der Waals surface area contributed by atoms with E-state index in [9.17, 15) is 27.6 Å². The van der Waals surface area contributed by atoms with Crippen LogP contribution in [0.5, 0.6) is 0 Å². The Labute approximate surface area is 284 Å². The summed E-state index contributed by atoms with van der Waals surface area (Å²) in [5.41, 5.74) is 1.20. The molecule has 2 aliphatic rings. The molecule has 2 fully saturated rings. The van der Waals surface area contributed by atoms with Crippen molar-refractivity contribution in [1.29, 1.82) is 0 Å². The molecule has 0 aliphatic carbocycles. The van der Waals surface area contributed by atoms with Crippen LogP contribution in [0.4, 0.5) is 24.5 Å². The lowest BCUT2D eigenvalue weighted by molar-refractivity contribution is -0.137. The van der Waals surface area contributed by atoms with Gasteiger partial charge in [0.15, 0.2) is 0 Å². The quantitative estimate of drug-likeness (QED) is 0.141. The average Bonchev–Trinajstić information content (AvgIpc) is 3.54. The van der Waals surface area contributed by atoms with E-state index in [0.29, 0.717) is 30.7 Å². The lowest BCUT2D eigenvalue weighted by Crippen LogP contribution is -2.42. The molecule has 2 aliphatic heterocycles. The van der Waals surface area contributed by atoms with Crippen LogP contribution in [-0.4, -0.2) is 91.9 Å². The van der Waals surface area contributed by atoms with Crippen LogP contribution in [0.25, 0.3) is 10.9 Å². The third-order valence-corrected chi connectivity index (χ3v) is 9.14. The van der Waals surface area contributed by atoms with Gasteiger partial charge in [-0.1, -0.05) is 31.2 Å². The Morgan fingerprint density at radius 1 is 1.02 bits per heavy atom. The molecule has 2 aromatic carbocycles. The second-order valence-corrected chi connectivity index (χ2v) is 12.8. The first-order valence-corrected chi connectivity index (χ1v) is 16.8. The number of aromatic nitrogens is 1. The zero-order valence-corrected chi connectivity index (χ0v) is 28.2. The highest BCUT2D eigenvalue weighted by Gasteiger charge is 2.31. The molecule has 3 heterocycles. The van der Waals surface area contributed by atoms with Crippen molar-refractivity contribution in [3.8, 4) is 0 Å². The summed E-state index contributed by atoms with van der Waals surface area (Å²) >= 11 is 0. The molecule has 49 heavy (non-hydrogen) atoms. The van der Waals surface area contributed by atoms with Crippen LogP contribution in [0.15, 0.2) is 66.3 Å². The number of allylic oxidation sites excluding steroid dienone is 2. The minimum atomic E-state index is -4.52. The molecule has 0 bridgehead atoms. The zero-order valence-electron chi connectivity index (χ0n) is 28.2. The molecular formula is C37H44F3N5O4. The van der Waals surface area contributed by atoms with E-state index in [-0.39, 0.29) is 28.4 Å². The van der Waals surface area contributed by atoms with Crippen LogP contribution in [0.1, 0.15) is 54.7 Å². The monoisotopic (exact) mass is 679 g/mol. The number of piperidine rings is 1. The third kappa shape index (κ3) is 9.18. The number of hydrogen-bond donors (Lipinski definition) is 2. The molecule has 1 aromatic heterocycles. The number of alkyl halides is 3. The summed E-state index contributed by atoms with van der Waals surface area (Å²) in [5, 5.41) is 3.32. The fraction of sp³-hybridized carbons (Fsp3) is 0.432. The van der Waals surface area contributed by atoms with Gasteiger partial charge in [-0.15, -0.1) is 0 Å². The van der Waals surface area contributed by atoms with Gasteiger partial charge in [0.05, 0.1) is 36.1 Å². The maximum absolute atomic E-state index is 13.9. The SMILES string of the molecule is C/C(=C\C=C/[C@H](C)C(=O)N(C)CCN1CCOCC1)C(=O)Nc1ccc(N2CCCCC2)cc1C(=O)c1cc2ccc(C(F)(F)F)cc2[nH]1. The van der Waals surface area contributed by atoms with Gasteiger partial charge in [0.2, 0.25) is 11.7 Å². The Balaban J connectivity index is 1.30. The van der Waals surface area contributed by atoms with Crippen LogP contribution >= 0.6 is 0 Å². The summed E-state index contributed by atoms with van der Waals surface area (Å²) in [6.45, 7) is 9.64. The van der Waals surface area contributed by atoms with E-state index in [4.69, 9.17) is 4.74 Å². The van der Waals surface area contributed by atoms with Crippen LogP contribution < -0.4 is 10.2 Å². The number of morpholine rings is 1. The molecule has 0 radical (unpaired) electrons. The number of likely N-dealkylation sites (N-methyl/N-ethyl adjacent to an activating group) is 1. The fourth-order valence-electron chi connectivity index (χ4n) is 6.07. The molecule has 1 atom stereocenters. The highest BCUT2D eigenvalue weighted by atomic mass is 19.4. The largest absolute Gasteiger partial charge is 0.416 e. The topological polar surface area (TPSA) is 98.0 Å². The number of fused-ring (bicyclic) bond motifs is 1. The van der Waals surface area contributed by atoms with Gasteiger partial charge in [-0.2, -0.15) is 13.2 Å². The zero-order chi connectivity index (χ0) is 35.1. The van der Waals surface area contributed by atoms with E-state index < -0.39 is 29.3 Å². The molecular weight excluding hydrogens is 635 g/mol. The number of ketones is 1. The van der Waals surface area contributed by atoms with Gasteiger partial charge in [0.25, 0.3) is 5.91 Å². The number of benzene rings is 2. The third-order valence-electron chi connectivity index (χ3n) is 9.14. The number of nitrogens with zero attached hydrogens (tertiary/aromatic N) is 3. The fourth-order valence-corrected chi connectivity index (χ4v) is 6.07. The van der Waals surface area contributed by atoms with E-state index in [1.54, 1.807) is 49.2 Å². The van der Waals surface area contributed by atoms with Crippen molar-refractivity contribution in [3.05, 3.63) is 83.1 Å². The number of ether oxygens (including phenoxy) is 1. The maximum atomic E-state index is 13.9. The highest BCUT2D eigenvalue weighted by molar-refractivity contribution is 6.16. The summed E-state index contributed by atoms with van der Waals surface area (Å²) in [7, 11) is 1.78. The van der Waals surface area contributed by atoms with Gasteiger partial charge < -0.3 is 24.8 Å². The summed E-state index contributed by atoms with van der Waals surface area (Å²) in [4.78, 5) is 49.1. The molecule has 2 N–H and O–H groups in total. The number of amides is 2. The first-order valence-electron chi connectivity index (χ1n) is 16.8. The minimum Gasteiger partial charge on any atom is -0.379 e. The number of carbonyl (C=O) groups is 3. The number of H-pyrrole nitrogens is 1. The molecule has 0 unspecified atom stereocenters. The summed E-state index contributed by atoms with van der Waals surface area (Å²) in [5.74, 6) is -1.30. The number of hydrogen-bond acceptors (Lipinski definition) is 6. The molecule has 0 spiro atoms. The van der Waals surface area contributed by atoms with E-state index >= 15 is 0 Å². The predicted molar refractivity (Wildman–Crippen MR) is 185 cm³/mol. The number of nitrogens with one attached hydrogen (secondary N) is 2. The van der Waals surface area contributed by atoms with Gasteiger partial charge >= 0.3 is 6.18 Å². The van der Waals surface area contributed by atoms with Crippen molar-refractivity contribution in [1.82, 2.24) is 14.8 Å². The molecule has 3 aromatic rings. The summed E-state index contributed by atoms with van der Waals surface area (Å²) in [6, 6.07) is 10.1. The smallest absolute Gasteiger partial charge is 0.379 e. The Morgan fingerprint density at radius 2 is 1.76 bits per heavy atom. The Bertz CT molecular complexity index is 1720. The summed E-state index contributed by atoms with van der Waals surface area (Å²) < 4.78 is 45.3. The number of halogens is 3. The van der Waals surface area contributed by atoms with Crippen LogP contribution in [0, 0.1) is 5.92 Å². The van der Waals surface area contributed by atoms with E-state index in [1.807, 2.05) is 13.0 Å². The maximum Gasteiger partial charge on any atom is 0.416 e. The predicted octanol–water partition coefficient (Wildman–Crippen LogP) is 6.28. The second kappa shape index (κ2) is 15.9. The lowest BCUT2D eigenvalue weighted by atomic mass is 10.0. The Morgan fingerprint density at radius 3 is 2.47 bits per heavy atom. The highest BCUT2D eigenvalue weighted by Crippen LogP contribution is 2.33. The van der Waals surface area contributed by atoms with Crippen molar-refractivity contribution in [2.75, 3.05) is 69.7 Å². The molecule has 5 rings (SSSR count). The number of rotatable bonds is 11. The van der Waals surface area contributed by atoms with E-state index in [2.05, 4.69) is 20.1 Å². The number of aromatic amines is 1. The van der Waals surface area contributed by atoms with Gasteiger partial charge in [-0.25, -0.2) is 0 Å². The molecule has 262 valence electrons. The molecule has 12 heteroatoms. The van der Waals surface area contributed by atoms with Crippen molar-refractivity contribution in [2.24, 2.45) is 5.92 Å². The number of anilines is 2. The van der Waals surface area contributed by atoms with E-state index in [0.717, 1.165) is 69.8 Å². The summed E-state index contributed by atoms with van der Waals surface area (Å²) in [6.07, 6.45) is 3.70. The van der Waals surface area contributed by atoms with Gasteiger partial charge in [0, 0.05) is 74.0 Å².